The summed E-state index contributed by atoms with van der Waals surface area (Å²) in [5, 5.41) is 5.59. The van der Waals surface area contributed by atoms with Crippen molar-refractivity contribution in [3.8, 4) is 0 Å². The van der Waals surface area contributed by atoms with Gasteiger partial charge < -0.3 is 10.1 Å². The molecule has 17 heavy (non-hydrogen) atoms. The predicted octanol–water partition coefficient (Wildman–Crippen LogP) is 1.51. The van der Waals surface area contributed by atoms with E-state index < -0.39 is 0 Å². The van der Waals surface area contributed by atoms with E-state index in [9.17, 15) is 0 Å². The predicted molar refractivity (Wildman–Crippen MR) is 70.4 cm³/mol. The molecule has 1 N–H and O–H groups in total. The second-order valence-electron chi connectivity index (χ2n) is 4.43. The second-order valence-corrected chi connectivity index (χ2v) is 5.15. The maximum Gasteiger partial charge on any atom is 0.0826 e. The minimum atomic E-state index is 0.307. The number of nitrogens with zero attached hydrogens (tertiary/aromatic N) is 2. The van der Waals surface area contributed by atoms with Gasteiger partial charge in [0.15, 0.2) is 0 Å². The molecule has 2 heterocycles. The Morgan fingerprint density at radius 3 is 3.29 bits per heavy atom. The van der Waals surface area contributed by atoms with Gasteiger partial charge in [0.05, 0.1) is 23.9 Å². The van der Waals surface area contributed by atoms with Crippen molar-refractivity contribution >= 4 is 11.3 Å². The molecule has 2 atom stereocenters. The van der Waals surface area contributed by atoms with Crippen molar-refractivity contribution in [2.45, 2.75) is 26.0 Å². The van der Waals surface area contributed by atoms with Crippen molar-refractivity contribution in [1.82, 2.24) is 15.2 Å². The number of ether oxygens (including phenoxy) is 1. The van der Waals surface area contributed by atoms with Crippen LogP contribution in [-0.2, 0) is 4.74 Å². The summed E-state index contributed by atoms with van der Waals surface area (Å²) in [6.07, 6.45) is 0.310. The average Bonchev–Trinajstić information content (AvgIpc) is 2.90. The van der Waals surface area contributed by atoms with Gasteiger partial charge in [-0.1, -0.05) is 6.92 Å². The maximum atomic E-state index is 5.76. The molecule has 0 amide bonds. The first-order chi connectivity index (χ1) is 8.29. The third-order valence-electron chi connectivity index (χ3n) is 3.22. The van der Waals surface area contributed by atoms with Gasteiger partial charge in [-0.2, -0.15) is 0 Å². The Hall–Kier alpha value is -0.490. The molecule has 0 radical (unpaired) electrons. The van der Waals surface area contributed by atoms with E-state index in [-0.39, 0.29) is 0 Å². The van der Waals surface area contributed by atoms with E-state index in [0.29, 0.717) is 12.1 Å². The summed E-state index contributed by atoms with van der Waals surface area (Å²) in [6.45, 7) is 9.31. The molecular formula is C12H21N3OS. The largest absolute Gasteiger partial charge is 0.374 e. The third kappa shape index (κ3) is 3.74. The maximum absolute atomic E-state index is 5.76. The lowest BCUT2D eigenvalue weighted by Gasteiger charge is -2.32. The molecule has 1 aliphatic rings. The van der Waals surface area contributed by atoms with Gasteiger partial charge in [0.2, 0.25) is 0 Å². The monoisotopic (exact) mass is 255 g/mol. The first-order valence-corrected chi connectivity index (χ1v) is 7.19. The molecule has 2 rings (SSSR count). The highest BCUT2D eigenvalue weighted by Gasteiger charge is 2.19. The number of morpholine rings is 1. The lowest BCUT2D eigenvalue weighted by atomic mass is 10.2. The summed E-state index contributed by atoms with van der Waals surface area (Å²) in [5.74, 6) is 0. The van der Waals surface area contributed by atoms with Crippen LogP contribution in [0, 0.1) is 0 Å². The molecule has 1 saturated heterocycles. The average molecular weight is 255 g/mol. The van der Waals surface area contributed by atoms with Crippen molar-refractivity contribution in [2.75, 3.05) is 32.8 Å². The van der Waals surface area contributed by atoms with Crippen molar-refractivity contribution < 1.29 is 4.74 Å². The highest BCUT2D eigenvalue weighted by atomic mass is 32.1. The highest BCUT2D eigenvalue weighted by Crippen LogP contribution is 2.12. The van der Waals surface area contributed by atoms with Crippen LogP contribution >= 0.6 is 11.3 Å². The molecule has 1 aromatic heterocycles. The number of hydrogen-bond donors (Lipinski definition) is 1. The van der Waals surface area contributed by atoms with Crippen LogP contribution in [0.4, 0.5) is 0 Å². The lowest BCUT2D eigenvalue weighted by Crippen LogP contribution is -2.46. The number of hydrogen-bond acceptors (Lipinski definition) is 5. The molecule has 4 nitrogen and oxygen atoms in total. The molecule has 2 unspecified atom stereocenters. The van der Waals surface area contributed by atoms with Crippen LogP contribution in [0.1, 0.15) is 25.6 Å². The summed E-state index contributed by atoms with van der Waals surface area (Å²) in [5.41, 5.74) is 3.00. The van der Waals surface area contributed by atoms with Crippen LogP contribution in [0.2, 0.25) is 0 Å². The number of rotatable bonds is 5. The van der Waals surface area contributed by atoms with Crippen LogP contribution < -0.4 is 5.32 Å². The summed E-state index contributed by atoms with van der Waals surface area (Å²) in [4.78, 5) is 6.75. The van der Waals surface area contributed by atoms with E-state index in [4.69, 9.17) is 4.74 Å². The Balaban J connectivity index is 1.74. The number of nitrogens with one attached hydrogen (secondary N) is 1. The summed E-state index contributed by atoms with van der Waals surface area (Å²) in [6, 6.07) is 0.307. The van der Waals surface area contributed by atoms with Gasteiger partial charge in [0, 0.05) is 31.1 Å². The van der Waals surface area contributed by atoms with Gasteiger partial charge in [-0.3, -0.25) is 4.90 Å². The fourth-order valence-electron chi connectivity index (χ4n) is 2.04. The fourth-order valence-corrected chi connectivity index (χ4v) is 2.69. The molecule has 0 bridgehead atoms. The van der Waals surface area contributed by atoms with Crippen molar-refractivity contribution in [3.63, 3.8) is 0 Å². The second kappa shape index (κ2) is 6.44. The zero-order valence-corrected chi connectivity index (χ0v) is 11.4. The molecule has 96 valence electrons. The van der Waals surface area contributed by atoms with Crippen molar-refractivity contribution in [1.29, 1.82) is 0 Å². The number of thiazole rings is 1. The summed E-state index contributed by atoms with van der Waals surface area (Å²) in [7, 11) is 0. The number of likely N-dealkylation sites (N-methyl/N-ethyl adjacent to an activating group) is 1. The van der Waals surface area contributed by atoms with E-state index in [1.165, 1.54) is 0 Å². The van der Waals surface area contributed by atoms with Crippen molar-refractivity contribution in [2.24, 2.45) is 0 Å². The van der Waals surface area contributed by atoms with E-state index in [1.807, 2.05) is 5.51 Å². The molecule has 1 aromatic rings. The number of aromatic nitrogens is 1. The minimum Gasteiger partial charge on any atom is -0.374 e. The van der Waals surface area contributed by atoms with Crippen LogP contribution in [0.15, 0.2) is 10.9 Å². The quantitative estimate of drug-likeness (QED) is 0.865. The Labute approximate surface area is 107 Å². The molecule has 0 saturated carbocycles. The van der Waals surface area contributed by atoms with Crippen LogP contribution in [0.3, 0.4) is 0 Å². The smallest absolute Gasteiger partial charge is 0.0826 e. The van der Waals surface area contributed by atoms with Crippen LogP contribution in [0.25, 0.3) is 0 Å². The lowest BCUT2D eigenvalue weighted by molar-refractivity contribution is -0.0262. The van der Waals surface area contributed by atoms with Gasteiger partial charge in [0.1, 0.15) is 0 Å². The molecule has 0 spiro atoms. The van der Waals surface area contributed by atoms with Gasteiger partial charge in [-0.25, -0.2) is 4.98 Å². The SMILES string of the molecule is CCN1CCOC(CNC(C)c2cscn2)C1. The Kier molecular flexibility index (Phi) is 4.91. The molecular weight excluding hydrogens is 234 g/mol. The zero-order valence-electron chi connectivity index (χ0n) is 10.6. The fraction of sp³-hybridized carbons (Fsp3) is 0.750. The minimum absolute atomic E-state index is 0.307. The molecule has 5 heteroatoms. The molecule has 0 aromatic carbocycles. The standard InChI is InChI=1S/C12H21N3OS/c1-3-15-4-5-16-11(7-15)6-13-10(2)12-8-17-9-14-12/h8-11,13H,3-7H2,1-2H3. The molecule has 1 fully saturated rings. The zero-order chi connectivity index (χ0) is 12.1. The summed E-state index contributed by atoms with van der Waals surface area (Å²) < 4.78 is 5.76. The molecule has 0 aliphatic carbocycles. The van der Waals surface area contributed by atoms with Gasteiger partial charge in [-0.15, -0.1) is 11.3 Å². The topological polar surface area (TPSA) is 37.4 Å². The first kappa shape index (κ1) is 13.0. The Morgan fingerprint density at radius 1 is 1.71 bits per heavy atom. The van der Waals surface area contributed by atoms with Crippen LogP contribution in [0.5, 0.6) is 0 Å². The van der Waals surface area contributed by atoms with Crippen LogP contribution in [-0.4, -0.2) is 48.8 Å². The van der Waals surface area contributed by atoms with E-state index in [1.54, 1.807) is 11.3 Å². The Bertz CT molecular complexity index is 318. The Morgan fingerprint density at radius 2 is 2.59 bits per heavy atom. The third-order valence-corrected chi connectivity index (χ3v) is 3.82. The highest BCUT2D eigenvalue weighted by molar-refractivity contribution is 7.07. The summed E-state index contributed by atoms with van der Waals surface area (Å²) >= 11 is 1.64. The van der Waals surface area contributed by atoms with Gasteiger partial charge in [0.25, 0.3) is 0 Å². The van der Waals surface area contributed by atoms with Crippen molar-refractivity contribution in [3.05, 3.63) is 16.6 Å². The normalized spacial score (nSPS) is 23.8. The van der Waals surface area contributed by atoms with E-state index in [2.05, 4.69) is 34.4 Å². The first-order valence-electron chi connectivity index (χ1n) is 6.25. The van der Waals surface area contributed by atoms with E-state index >= 15 is 0 Å². The van der Waals surface area contributed by atoms with E-state index in [0.717, 1.165) is 38.5 Å². The van der Waals surface area contributed by atoms with Gasteiger partial charge >= 0.3 is 0 Å². The molecule has 1 aliphatic heterocycles. The van der Waals surface area contributed by atoms with Gasteiger partial charge in [-0.05, 0) is 13.5 Å².